The van der Waals surface area contributed by atoms with Gasteiger partial charge in [-0.15, -0.1) is 0 Å². The maximum absolute atomic E-state index is 4.79. The third-order valence-corrected chi connectivity index (χ3v) is 5.08. The van der Waals surface area contributed by atoms with Crippen LogP contribution >= 0.6 is 8.58 Å². The van der Waals surface area contributed by atoms with Crippen LogP contribution in [0.5, 0.6) is 0 Å². The van der Waals surface area contributed by atoms with Gasteiger partial charge in [-0.1, -0.05) is 58.7 Å². The fourth-order valence-electron chi connectivity index (χ4n) is 2.55. The van der Waals surface area contributed by atoms with Crippen LogP contribution < -0.4 is 5.30 Å². The van der Waals surface area contributed by atoms with Crippen molar-refractivity contribution in [3.05, 3.63) is 48.5 Å². The van der Waals surface area contributed by atoms with Gasteiger partial charge in [-0.3, -0.25) is 0 Å². The predicted molar refractivity (Wildman–Crippen MR) is 91.6 cm³/mol. The molecule has 0 N–H and O–H groups in total. The van der Waals surface area contributed by atoms with Crippen LogP contribution in [-0.2, 0) is 0 Å². The molecule has 2 heteroatoms. The van der Waals surface area contributed by atoms with Crippen molar-refractivity contribution in [3.8, 4) is 0 Å². The van der Waals surface area contributed by atoms with E-state index in [2.05, 4.69) is 55.5 Å². The van der Waals surface area contributed by atoms with E-state index in [4.69, 9.17) is 4.98 Å². The van der Waals surface area contributed by atoms with E-state index >= 15 is 0 Å². The van der Waals surface area contributed by atoms with Gasteiger partial charge in [0, 0.05) is 10.8 Å². The summed E-state index contributed by atoms with van der Waals surface area (Å²) < 4.78 is 0. The second-order valence-electron chi connectivity index (χ2n) is 5.19. The number of benzene rings is 2. The SMILES string of the molecule is CCCCCPc1cccc2nc3ccccc3cc12. The molecule has 0 aliphatic carbocycles. The van der Waals surface area contributed by atoms with Crippen molar-refractivity contribution in [2.75, 3.05) is 6.16 Å². The molecule has 1 heterocycles. The molecule has 1 atom stereocenters. The van der Waals surface area contributed by atoms with Crippen LogP contribution in [0.15, 0.2) is 48.5 Å². The number of hydrogen-bond donors (Lipinski definition) is 0. The molecule has 0 aliphatic rings. The summed E-state index contributed by atoms with van der Waals surface area (Å²) >= 11 is 0. The van der Waals surface area contributed by atoms with Gasteiger partial charge in [0.25, 0.3) is 0 Å². The molecule has 0 spiro atoms. The highest BCUT2D eigenvalue weighted by molar-refractivity contribution is 7.47. The first-order valence-corrected chi connectivity index (χ1v) is 8.61. The summed E-state index contributed by atoms with van der Waals surface area (Å²) in [6.45, 7) is 2.26. The Kier molecular flexibility index (Phi) is 4.28. The number of hydrogen-bond acceptors (Lipinski definition) is 1. The summed E-state index contributed by atoms with van der Waals surface area (Å²) in [7, 11) is 0.899. The second-order valence-corrected chi connectivity index (χ2v) is 6.58. The van der Waals surface area contributed by atoms with Gasteiger partial charge >= 0.3 is 0 Å². The van der Waals surface area contributed by atoms with Gasteiger partial charge in [-0.05, 0) is 36.1 Å². The van der Waals surface area contributed by atoms with E-state index in [1.165, 1.54) is 41.5 Å². The van der Waals surface area contributed by atoms with Gasteiger partial charge in [-0.25, -0.2) is 4.98 Å². The maximum atomic E-state index is 4.79. The number of nitrogens with zero attached hydrogens (tertiary/aromatic N) is 1. The molecule has 1 aromatic heterocycles. The Morgan fingerprint density at radius 3 is 2.70 bits per heavy atom. The Labute approximate surface area is 122 Å². The molecule has 1 nitrogen and oxygen atoms in total. The maximum Gasteiger partial charge on any atom is 0.0716 e. The Bertz CT molecular complexity index is 721. The van der Waals surface area contributed by atoms with Crippen molar-refractivity contribution < 1.29 is 0 Å². The number of rotatable bonds is 5. The molecule has 0 fully saturated rings. The van der Waals surface area contributed by atoms with Gasteiger partial charge in [0.15, 0.2) is 0 Å². The first-order valence-electron chi connectivity index (χ1n) is 7.41. The third kappa shape index (κ3) is 2.83. The monoisotopic (exact) mass is 281 g/mol. The van der Waals surface area contributed by atoms with Crippen LogP contribution in [0, 0.1) is 0 Å². The fraction of sp³-hybridized carbons (Fsp3) is 0.278. The minimum absolute atomic E-state index is 0.899. The number of pyridine rings is 1. The van der Waals surface area contributed by atoms with Crippen LogP contribution in [0.2, 0.25) is 0 Å². The van der Waals surface area contributed by atoms with Crippen LogP contribution in [-0.4, -0.2) is 11.1 Å². The van der Waals surface area contributed by atoms with E-state index in [1.54, 1.807) is 0 Å². The van der Waals surface area contributed by atoms with Gasteiger partial charge in [0.2, 0.25) is 0 Å². The molecule has 0 bridgehead atoms. The molecule has 3 aromatic rings. The molecular formula is C18H20NP. The smallest absolute Gasteiger partial charge is 0.0716 e. The molecular weight excluding hydrogens is 261 g/mol. The average molecular weight is 281 g/mol. The van der Waals surface area contributed by atoms with E-state index in [0.29, 0.717) is 0 Å². The zero-order chi connectivity index (χ0) is 13.8. The fourth-order valence-corrected chi connectivity index (χ4v) is 3.85. The molecule has 20 heavy (non-hydrogen) atoms. The first kappa shape index (κ1) is 13.5. The molecule has 2 aromatic carbocycles. The van der Waals surface area contributed by atoms with E-state index in [9.17, 15) is 0 Å². The minimum atomic E-state index is 0.899. The van der Waals surface area contributed by atoms with Gasteiger partial charge < -0.3 is 0 Å². The van der Waals surface area contributed by atoms with Crippen molar-refractivity contribution >= 4 is 35.7 Å². The number of aromatic nitrogens is 1. The molecule has 3 rings (SSSR count). The van der Waals surface area contributed by atoms with Gasteiger partial charge in [0.05, 0.1) is 11.0 Å². The lowest BCUT2D eigenvalue weighted by atomic mass is 10.1. The Morgan fingerprint density at radius 2 is 1.80 bits per heavy atom. The zero-order valence-corrected chi connectivity index (χ0v) is 12.9. The average Bonchev–Trinajstić information content (AvgIpc) is 2.50. The minimum Gasteiger partial charge on any atom is -0.248 e. The van der Waals surface area contributed by atoms with Gasteiger partial charge in [-0.2, -0.15) is 0 Å². The second kappa shape index (κ2) is 6.33. The summed E-state index contributed by atoms with van der Waals surface area (Å²) in [5.41, 5.74) is 2.22. The summed E-state index contributed by atoms with van der Waals surface area (Å²) in [4.78, 5) is 4.79. The molecule has 1 unspecified atom stereocenters. The van der Waals surface area contributed by atoms with Crippen molar-refractivity contribution in [2.45, 2.75) is 26.2 Å². The van der Waals surface area contributed by atoms with Crippen LogP contribution in [0.3, 0.4) is 0 Å². The van der Waals surface area contributed by atoms with E-state index in [-0.39, 0.29) is 0 Å². The molecule has 0 aliphatic heterocycles. The van der Waals surface area contributed by atoms with Crippen molar-refractivity contribution in [1.29, 1.82) is 0 Å². The molecule has 0 saturated carbocycles. The van der Waals surface area contributed by atoms with E-state index < -0.39 is 0 Å². The van der Waals surface area contributed by atoms with Gasteiger partial charge in [0.1, 0.15) is 0 Å². The Hall–Kier alpha value is -1.46. The van der Waals surface area contributed by atoms with E-state index in [0.717, 1.165) is 19.6 Å². The normalized spacial score (nSPS) is 11.8. The lowest BCUT2D eigenvalue weighted by Crippen LogP contribution is -1.99. The molecule has 0 radical (unpaired) electrons. The quantitative estimate of drug-likeness (QED) is 0.369. The van der Waals surface area contributed by atoms with Crippen LogP contribution in [0.4, 0.5) is 0 Å². The number of unbranched alkanes of at least 4 members (excludes halogenated alkanes) is 2. The van der Waals surface area contributed by atoms with Crippen molar-refractivity contribution in [1.82, 2.24) is 4.98 Å². The molecule has 0 amide bonds. The highest BCUT2D eigenvalue weighted by Crippen LogP contribution is 2.23. The number of fused-ring (bicyclic) bond motifs is 2. The Balaban J connectivity index is 1.97. The highest BCUT2D eigenvalue weighted by atomic mass is 31.1. The largest absolute Gasteiger partial charge is 0.248 e. The third-order valence-electron chi connectivity index (χ3n) is 3.66. The first-order chi connectivity index (χ1) is 9.88. The summed E-state index contributed by atoms with van der Waals surface area (Å²) in [6.07, 6.45) is 5.29. The summed E-state index contributed by atoms with van der Waals surface area (Å²) in [5.74, 6) is 0. The Morgan fingerprint density at radius 1 is 0.950 bits per heavy atom. The lowest BCUT2D eigenvalue weighted by molar-refractivity contribution is 0.778. The highest BCUT2D eigenvalue weighted by Gasteiger charge is 2.04. The number of para-hydroxylation sites is 1. The predicted octanol–water partition coefficient (Wildman–Crippen LogP) is 4.88. The lowest BCUT2D eigenvalue weighted by Gasteiger charge is -2.08. The molecule has 102 valence electrons. The molecule has 0 saturated heterocycles. The van der Waals surface area contributed by atoms with Crippen molar-refractivity contribution in [2.24, 2.45) is 0 Å². The van der Waals surface area contributed by atoms with Crippen LogP contribution in [0.25, 0.3) is 21.8 Å². The summed E-state index contributed by atoms with van der Waals surface area (Å²) in [5, 5.41) is 4.05. The van der Waals surface area contributed by atoms with Crippen LogP contribution in [0.1, 0.15) is 26.2 Å². The van der Waals surface area contributed by atoms with Crippen molar-refractivity contribution in [3.63, 3.8) is 0 Å². The zero-order valence-electron chi connectivity index (χ0n) is 11.9. The topological polar surface area (TPSA) is 12.9 Å². The standard InChI is InChI=1S/C18H20NP/c1-2-3-6-12-20-18-11-7-10-17-15(18)13-14-8-4-5-9-16(14)19-17/h4-5,7-11,13,20H,2-3,6,12H2,1H3. The summed E-state index contributed by atoms with van der Waals surface area (Å²) in [6, 6.07) is 17.2. The van der Waals surface area contributed by atoms with E-state index in [1.807, 2.05) is 0 Å².